The number of nitrogens with zero attached hydrogens (tertiary/aromatic N) is 1. The van der Waals surface area contributed by atoms with Gasteiger partial charge in [-0.05, 0) is 12.1 Å². The van der Waals surface area contributed by atoms with Gasteiger partial charge in [0, 0.05) is 11.8 Å². The summed E-state index contributed by atoms with van der Waals surface area (Å²) in [5.41, 5.74) is 0.911. The standard InChI is InChI=1S/C10H7Cl2NOS/c11-8-2-1-6(3-9(8)12)10-13-4-7(5-14)15-10/h1-4,14H,5H2. The lowest BCUT2D eigenvalue weighted by atomic mass is 10.2. The molecule has 0 aliphatic heterocycles. The van der Waals surface area contributed by atoms with Crippen molar-refractivity contribution in [3.8, 4) is 10.6 Å². The molecule has 0 aliphatic carbocycles. The first kappa shape index (κ1) is 10.9. The molecule has 0 radical (unpaired) electrons. The monoisotopic (exact) mass is 259 g/mol. The maximum atomic E-state index is 8.92. The number of aliphatic hydroxyl groups excluding tert-OH is 1. The van der Waals surface area contributed by atoms with Gasteiger partial charge < -0.3 is 5.11 Å². The molecule has 1 heterocycles. The van der Waals surface area contributed by atoms with Crippen LogP contribution in [-0.2, 0) is 6.61 Å². The van der Waals surface area contributed by atoms with Crippen LogP contribution in [-0.4, -0.2) is 10.1 Å². The van der Waals surface area contributed by atoms with Crippen LogP contribution in [0.5, 0.6) is 0 Å². The van der Waals surface area contributed by atoms with E-state index in [0.717, 1.165) is 15.4 Å². The van der Waals surface area contributed by atoms with Gasteiger partial charge in [0.1, 0.15) is 5.01 Å². The molecule has 2 rings (SSSR count). The average Bonchev–Trinajstić information content (AvgIpc) is 2.70. The molecule has 0 saturated carbocycles. The molecule has 0 fully saturated rings. The minimum absolute atomic E-state index is 0.0129. The second-order valence-corrected chi connectivity index (χ2v) is 4.85. The lowest BCUT2D eigenvalue weighted by Gasteiger charge is -1.98. The zero-order chi connectivity index (χ0) is 10.8. The van der Waals surface area contributed by atoms with Gasteiger partial charge in [-0.3, -0.25) is 0 Å². The van der Waals surface area contributed by atoms with Crippen LogP contribution in [0.1, 0.15) is 4.88 Å². The molecule has 0 atom stereocenters. The van der Waals surface area contributed by atoms with E-state index in [1.165, 1.54) is 11.3 Å². The fourth-order valence-corrected chi connectivity index (χ4v) is 2.21. The fourth-order valence-electron chi connectivity index (χ4n) is 1.14. The zero-order valence-electron chi connectivity index (χ0n) is 7.58. The molecule has 0 saturated heterocycles. The summed E-state index contributed by atoms with van der Waals surface area (Å²) in [6, 6.07) is 5.36. The van der Waals surface area contributed by atoms with E-state index in [2.05, 4.69) is 4.98 Å². The summed E-state index contributed by atoms with van der Waals surface area (Å²) in [7, 11) is 0. The van der Waals surface area contributed by atoms with Crippen molar-refractivity contribution in [1.82, 2.24) is 4.98 Å². The Bertz CT molecular complexity index is 484. The van der Waals surface area contributed by atoms with Gasteiger partial charge in [-0.25, -0.2) is 4.98 Å². The van der Waals surface area contributed by atoms with Crippen molar-refractivity contribution >= 4 is 34.5 Å². The maximum Gasteiger partial charge on any atom is 0.123 e. The first-order valence-corrected chi connectivity index (χ1v) is 5.79. The molecular formula is C10H7Cl2NOS. The quantitative estimate of drug-likeness (QED) is 0.894. The molecule has 0 bridgehead atoms. The third-order valence-electron chi connectivity index (χ3n) is 1.88. The zero-order valence-corrected chi connectivity index (χ0v) is 9.90. The Balaban J connectivity index is 2.40. The number of thiazole rings is 1. The second-order valence-electron chi connectivity index (χ2n) is 2.92. The van der Waals surface area contributed by atoms with Gasteiger partial charge in [0.2, 0.25) is 0 Å². The van der Waals surface area contributed by atoms with Crippen molar-refractivity contribution < 1.29 is 5.11 Å². The maximum absolute atomic E-state index is 8.92. The first-order chi connectivity index (χ1) is 7.20. The molecule has 0 spiro atoms. The van der Waals surface area contributed by atoms with Crippen LogP contribution in [0.15, 0.2) is 24.4 Å². The second kappa shape index (κ2) is 4.49. The van der Waals surface area contributed by atoms with E-state index >= 15 is 0 Å². The molecule has 0 unspecified atom stereocenters. The number of benzene rings is 1. The molecule has 2 aromatic rings. The van der Waals surface area contributed by atoms with Crippen LogP contribution < -0.4 is 0 Å². The summed E-state index contributed by atoms with van der Waals surface area (Å²) in [6.07, 6.45) is 1.66. The number of aliphatic hydroxyl groups is 1. The predicted molar refractivity (Wildman–Crippen MR) is 63.5 cm³/mol. The van der Waals surface area contributed by atoms with Gasteiger partial charge in [-0.2, -0.15) is 0 Å². The molecule has 0 amide bonds. The lowest BCUT2D eigenvalue weighted by Crippen LogP contribution is -1.75. The molecule has 1 N–H and O–H groups in total. The molecule has 78 valence electrons. The number of rotatable bonds is 2. The third kappa shape index (κ3) is 2.32. The van der Waals surface area contributed by atoms with E-state index in [-0.39, 0.29) is 6.61 Å². The number of hydrogen-bond donors (Lipinski definition) is 1. The number of aromatic nitrogens is 1. The van der Waals surface area contributed by atoms with E-state index < -0.39 is 0 Å². The molecule has 5 heteroatoms. The summed E-state index contributed by atoms with van der Waals surface area (Å²) >= 11 is 13.1. The normalized spacial score (nSPS) is 10.6. The number of halogens is 2. The molecule has 15 heavy (non-hydrogen) atoms. The highest BCUT2D eigenvalue weighted by Gasteiger charge is 2.06. The largest absolute Gasteiger partial charge is 0.391 e. The molecule has 1 aromatic carbocycles. The summed E-state index contributed by atoms with van der Waals surface area (Å²) in [5, 5.41) is 10.8. The predicted octanol–water partition coefficient (Wildman–Crippen LogP) is 3.61. The van der Waals surface area contributed by atoms with Gasteiger partial charge in [-0.1, -0.05) is 29.3 Å². The molecular weight excluding hydrogens is 253 g/mol. The van der Waals surface area contributed by atoms with Crippen LogP contribution in [0.4, 0.5) is 0 Å². The van der Waals surface area contributed by atoms with Crippen LogP contribution >= 0.6 is 34.5 Å². The van der Waals surface area contributed by atoms with Crippen LogP contribution in [0.2, 0.25) is 10.0 Å². The topological polar surface area (TPSA) is 33.1 Å². The van der Waals surface area contributed by atoms with Crippen molar-refractivity contribution in [3.05, 3.63) is 39.3 Å². The average molecular weight is 260 g/mol. The summed E-state index contributed by atoms with van der Waals surface area (Å²) in [6.45, 7) is 0.0129. The SMILES string of the molecule is OCc1cnc(-c2ccc(Cl)c(Cl)c2)s1. The van der Waals surface area contributed by atoms with Gasteiger partial charge in [0.15, 0.2) is 0 Å². The highest BCUT2D eigenvalue weighted by Crippen LogP contribution is 2.30. The molecule has 0 aliphatic rings. The van der Waals surface area contributed by atoms with Crippen molar-refractivity contribution in [2.45, 2.75) is 6.61 Å². The number of hydrogen-bond acceptors (Lipinski definition) is 3. The Hall–Kier alpha value is -0.610. The summed E-state index contributed by atoms with van der Waals surface area (Å²) in [5.74, 6) is 0. The van der Waals surface area contributed by atoms with Gasteiger partial charge in [0.05, 0.1) is 21.5 Å². The Morgan fingerprint density at radius 2 is 2.07 bits per heavy atom. The van der Waals surface area contributed by atoms with E-state index in [0.29, 0.717) is 10.0 Å². The van der Waals surface area contributed by atoms with Gasteiger partial charge in [-0.15, -0.1) is 11.3 Å². The van der Waals surface area contributed by atoms with E-state index in [9.17, 15) is 0 Å². The highest BCUT2D eigenvalue weighted by atomic mass is 35.5. The lowest BCUT2D eigenvalue weighted by molar-refractivity contribution is 0.285. The van der Waals surface area contributed by atoms with Crippen molar-refractivity contribution in [3.63, 3.8) is 0 Å². The first-order valence-electron chi connectivity index (χ1n) is 4.21. The Kier molecular flexibility index (Phi) is 3.26. The van der Waals surface area contributed by atoms with Crippen molar-refractivity contribution in [2.24, 2.45) is 0 Å². The summed E-state index contributed by atoms with van der Waals surface area (Å²) in [4.78, 5) is 5.01. The Morgan fingerprint density at radius 1 is 1.27 bits per heavy atom. The smallest absolute Gasteiger partial charge is 0.123 e. The van der Waals surface area contributed by atoms with Gasteiger partial charge >= 0.3 is 0 Å². The van der Waals surface area contributed by atoms with E-state index in [1.807, 2.05) is 6.07 Å². The minimum atomic E-state index is 0.0129. The van der Waals surface area contributed by atoms with Crippen molar-refractivity contribution in [2.75, 3.05) is 0 Å². The third-order valence-corrected chi connectivity index (χ3v) is 3.65. The van der Waals surface area contributed by atoms with Crippen LogP contribution in [0, 0.1) is 0 Å². The van der Waals surface area contributed by atoms with Crippen LogP contribution in [0.25, 0.3) is 10.6 Å². The molecule has 1 aromatic heterocycles. The van der Waals surface area contributed by atoms with Crippen LogP contribution in [0.3, 0.4) is 0 Å². The minimum Gasteiger partial charge on any atom is -0.391 e. The molecule has 2 nitrogen and oxygen atoms in total. The van der Waals surface area contributed by atoms with E-state index in [4.69, 9.17) is 28.3 Å². The Labute approximate surface area is 101 Å². The summed E-state index contributed by atoms with van der Waals surface area (Å²) < 4.78 is 0. The fraction of sp³-hybridized carbons (Fsp3) is 0.100. The Morgan fingerprint density at radius 3 is 2.67 bits per heavy atom. The van der Waals surface area contributed by atoms with E-state index in [1.54, 1.807) is 18.3 Å². The van der Waals surface area contributed by atoms with Gasteiger partial charge in [0.25, 0.3) is 0 Å². The highest BCUT2D eigenvalue weighted by molar-refractivity contribution is 7.15. The van der Waals surface area contributed by atoms with Crippen molar-refractivity contribution in [1.29, 1.82) is 0 Å².